The fourth-order valence-electron chi connectivity index (χ4n) is 4.56. The van der Waals surface area contributed by atoms with Crippen LogP contribution in [-0.4, -0.2) is 40.6 Å². The van der Waals surface area contributed by atoms with Crippen molar-refractivity contribution >= 4 is 55.7 Å². The fraction of sp³-hybridized carbons (Fsp3) is 0.219. The predicted molar refractivity (Wildman–Crippen MR) is 168 cm³/mol. The molecule has 0 atom stereocenters. The summed E-state index contributed by atoms with van der Waals surface area (Å²) in [5, 5.41) is 5.15. The van der Waals surface area contributed by atoms with Crippen LogP contribution >= 0.6 is 22.7 Å². The number of hydrogen-bond acceptors (Lipinski definition) is 9. The molecule has 0 saturated heterocycles. The summed E-state index contributed by atoms with van der Waals surface area (Å²) in [6.45, 7) is 5.40. The van der Waals surface area contributed by atoms with Gasteiger partial charge in [0.1, 0.15) is 26.8 Å². The number of aromatic nitrogens is 2. The van der Waals surface area contributed by atoms with Crippen molar-refractivity contribution in [3.8, 4) is 11.1 Å². The molecular formula is C32H29N3O6S2. The third kappa shape index (κ3) is 6.58. The molecule has 0 aliphatic carbocycles. The van der Waals surface area contributed by atoms with E-state index in [0.29, 0.717) is 32.3 Å². The minimum atomic E-state index is -0.549. The van der Waals surface area contributed by atoms with Gasteiger partial charge in [-0.05, 0) is 37.5 Å². The van der Waals surface area contributed by atoms with Gasteiger partial charge in [-0.2, -0.15) is 0 Å². The molecule has 3 aromatic heterocycles. The third-order valence-electron chi connectivity index (χ3n) is 6.77. The van der Waals surface area contributed by atoms with Gasteiger partial charge in [0.25, 0.3) is 5.56 Å². The molecule has 1 N–H and O–H groups in total. The van der Waals surface area contributed by atoms with Gasteiger partial charge >= 0.3 is 11.9 Å². The van der Waals surface area contributed by atoms with Crippen molar-refractivity contribution in [2.45, 2.75) is 33.7 Å². The summed E-state index contributed by atoms with van der Waals surface area (Å²) in [6, 6.07) is 17.4. The highest BCUT2D eigenvalue weighted by molar-refractivity contribution is 7.20. The second kappa shape index (κ2) is 13.1. The van der Waals surface area contributed by atoms with Crippen LogP contribution in [0.3, 0.4) is 0 Å². The molecule has 43 heavy (non-hydrogen) atoms. The number of ether oxygens (including phenoxy) is 2. The minimum absolute atomic E-state index is 0.180. The summed E-state index contributed by atoms with van der Waals surface area (Å²) in [4.78, 5) is 57.2. The van der Waals surface area contributed by atoms with Crippen molar-refractivity contribution in [1.82, 2.24) is 9.55 Å². The van der Waals surface area contributed by atoms with Crippen LogP contribution in [0, 0.1) is 13.8 Å². The molecule has 0 aliphatic heterocycles. The first-order valence-corrected chi connectivity index (χ1v) is 15.3. The lowest BCUT2D eigenvalue weighted by Gasteiger charge is -2.10. The first-order chi connectivity index (χ1) is 20.8. The van der Waals surface area contributed by atoms with Crippen LogP contribution in [0.1, 0.15) is 43.6 Å². The number of esters is 2. The highest BCUT2D eigenvalue weighted by Gasteiger charge is 2.24. The highest BCUT2D eigenvalue weighted by Crippen LogP contribution is 2.36. The summed E-state index contributed by atoms with van der Waals surface area (Å²) in [5.74, 6) is -1.58. The molecule has 2 aromatic carbocycles. The van der Waals surface area contributed by atoms with Gasteiger partial charge in [-0.25, -0.2) is 14.6 Å². The smallest absolute Gasteiger partial charge is 0.348 e. The third-order valence-corrected chi connectivity index (χ3v) is 8.84. The van der Waals surface area contributed by atoms with Crippen LogP contribution in [0.4, 0.5) is 5.00 Å². The molecule has 5 rings (SSSR count). The first kappa shape index (κ1) is 29.9. The van der Waals surface area contributed by atoms with E-state index in [1.807, 2.05) is 61.5 Å². The molecular weight excluding hydrogens is 587 g/mol. The fourth-order valence-corrected chi connectivity index (χ4v) is 6.57. The lowest BCUT2D eigenvalue weighted by molar-refractivity contribution is -0.116. The zero-order valence-corrected chi connectivity index (χ0v) is 25.5. The Morgan fingerprint density at radius 3 is 2.44 bits per heavy atom. The molecule has 0 aliphatic rings. The molecule has 3 heterocycles. The molecule has 220 valence electrons. The van der Waals surface area contributed by atoms with E-state index in [4.69, 9.17) is 9.47 Å². The number of nitrogens with one attached hydrogen (secondary N) is 1. The van der Waals surface area contributed by atoms with Gasteiger partial charge < -0.3 is 14.8 Å². The monoisotopic (exact) mass is 615 g/mol. The van der Waals surface area contributed by atoms with Crippen molar-refractivity contribution < 1.29 is 23.9 Å². The number of anilines is 1. The molecule has 0 saturated carbocycles. The largest absolute Gasteiger partial charge is 0.462 e. The van der Waals surface area contributed by atoms with Gasteiger partial charge in [0.2, 0.25) is 5.91 Å². The highest BCUT2D eigenvalue weighted by atomic mass is 32.1. The number of amides is 1. The zero-order chi connectivity index (χ0) is 30.5. The Labute approximate surface area is 255 Å². The van der Waals surface area contributed by atoms with E-state index in [1.54, 1.807) is 19.2 Å². The summed E-state index contributed by atoms with van der Waals surface area (Å²) < 4.78 is 11.9. The van der Waals surface area contributed by atoms with Crippen molar-refractivity contribution in [1.29, 1.82) is 0 Å². The summed E-state index contributed by atoms with van der Waals surface area (Å²) in [6.07, 6.45) is 1.86. The lowest BCUT2D eigenvalue weighted by atomic mass is 10.0. The standard InChI is InChI=1S/C32H29N3O6S2/c1-4-40-31(38)26-23(22-12-10-19(2)11-13-22)17-42-29(26)34-24(36)16-35-18-33-28-25(30(35)37)20(3)27(43-28)32(39)41-15-14-21-8-6-5-7-9-21/h5-13,17-18H,4,14-16H2,1-3H3,(H,34,36). The van der Waals surface area contributed by atoms with Crippen LogP contribution in [0.5, 0.6) is 0 Å². The number of rotatable bonds is 10. The molecule has 0 bridgehead atoms. The number of aryl methyl sites for hydroxylation is 2. The van der Waals surface area contributed by atoms with E-state index >= 15 is 0 Å². The van der Waals surface area contributed by atoms with E-state index < -0.39 is 23.4 Å². The number of fused-ring (bicyclic) bond motifs is 1. The Kier molecular flexibility index (Phi) is 9.13. The molecule has 1 amide bonds. The maximum absolute atomic E-state index is 13.4. The van der Waals surface area contributed by atoms with Crippen molar-refractivity contribution in [3.05, 3.63) is 104 Å². The Hall–Kier alpha value is -4.61. The van der Waals surface area contributed by atoms with Gasteiger partial charge in [0.05, 0.1) is 24.9 Å². The van der Waals surface area contributed by atoms with E-state index in [9.17, 15) is 19.2 Å². The maximum atomic E-state index is 13.4. The number of nitrogens with zero attached hydrogens (tertiary/aromatic N) is 2. The molecule has 11 heteroatoms. The Morgan fingerprint density at radius 1 is 0.977 bits per heavy atom. The second-order valence-electron chi connectivity index (χ2n) is 9.77. The van der Waals surface area contributed by atoms with Crippen molar-refractivity contribution in [2.75, 3.05) is 18.5 Å². The Bertz CT molecular complexity index is 1860. The van der Waals surface area contributed by atoms with E-state index in [0.717, 1.165) is 28.0 Å². The molecule has 0 unspecified atom stereocenters. The van der Waals surface area contributed by atoms with Gasteiger partial charge in [-0.3, -0.25) is 14.2 Å². The van der Waals surface area contributed by atoms with Crippen molar-refractivity contribution in [2.24, 2.45) is 0 Å². The summed E-state index contributed by atoms with van der Waals surface area (Å²) in [7, 11) is 0. The number of hydrogen-bond donors (Lipinski definition) is 1. The van der Waals surface area contributed by atoms with Crippen LogP contribution in [0.25, 0.3) is 21.3 Å². The number of thiophene rings is 2. The quantitative estimate of drug-likeness (QED) is 0.191. The number of carbonyl (C=O) groups is 3. The van der Waals surface area contributed by atoms with Crippen LogP contribution in [-0.2, 0) is 27.2 Å². The van der Waals surface area contributed by atoms with Gasteiger partial charge in [0.15, 0.2) is 0 Å². The second-order valence-corrected chi connectivity index (χ2v) is 11.7. The molecule has 0 fully saturated rings. The lowest BCUT2D eigenvalue weighted by Crippen LogP contribution is -2.28. The Balaban J connectivity index is 1.33. The molecule has 5 aromatic rings. The molecule has 0 spiro atoms. The van der Waals surface area contributed by atoms with E-state index in [1.165, 1.54) is 22.2 Å². The molecule has 0 radical (unpaired) electrons. The number of carbonyl (C=O) groups excluding carboxylic acids is 3. The van der Waals surface area contributed by atoms with Crippen LogP contribution in [0.2, 0.25) is 0 Å². The van der Waals surface area contributed by atoms with E-state index in [2.05, 4.69) is 10.3 Å². The number of benzene rings is 2. The van der Waals surface area contributed by atoms with E-state index in [-0.39, 0.29) is 30.7 Å². The zero-order valence-electron chi connectivity index (χ0n) is 23.8. The van der Waals surface area contributed by atoms with Gasteiger partial charge in [0, 0.05) is 17.4 Å². The maximum Gasteiger partial charge on any atom is 0.348 e. The molecule has 9 nitrogen and oxygen atoms in total. The summed E-state index contributed by atoms with van der Waals surface area (Å²) in [5.41, 5.74) is 3.87. The van der Waals surface area contributed by atoms with Gasteiger partial charge in [-0.15, -0.1) is 22.7 Å². The minimum Gasteiger partial charge on any atom is -0.462 e. The van der Waals surface area contributed by atoms with Gasteiger partial charge in [-0.1, -0.05) is 60.2 Å². The van der Waals surface area contributed by atoms with Crippen LogP contribution < -0.4 is 10.9 Å². The SMILES string of the molecule is CCOC(=O)c1c(-c2ccc(C)cc2)csc1NC(=O)Cn1cnc2sc(C(=O)OCCc3ccccc3)c(C)c2c1=O. The summed E-state index contributed by atoms with van der Waals surface area (Å²) >= 11 is 2.29. The topological polar surface area (TPSA) is 117 Å². The normalized spacial score (nSPS) is 11.0. The first-order valence-electron chi connectivity index (χ1n) is 13.6. The average molecular weight is 616 g/mol. The Morgan fingerprint density at radius 2 is 1.72 bits per heavy atom. The van der Waals surface area contributed by atoms with Crippen LogP contribution in [0.15, 0.2) is 71.1 Å². The van der Waals surface area contributed by atoms with Crippen molar-refractivity contribution in [3.63, 3.8) is 0 Å². The predicted octanol–water partition coefficient (Wildman–Crippen LogP) is 6.02. The average Bonchev–Trinajstić information content (AvgIpc) is 3.56.